The van der Waals surface area contributed by atoms with Crippen LogP contribution in [-0.2, 0) is 13.1 Å². The molecule has 3 heteroatoms. The highest BCUT2D eigenvalue weighted by atomic mass is 16.3. The Hall–Kier alpha value is -0.800. The molecule has 17 heavy (non-hydrogen) atoms. The molecule has 0 saturated heterocycles. The highest BCUT2D eigenvalue weighted by Crippen LogP contribution is 2.13. The molecule has 0 spiro atoms. The second-order valence-corrected chi connectivity index (χ2v) is 5.40. The van der Waals surface area contributed by atoms with Gasteiger partial charge in [0, 0.05) is 18.2 Å². The summed E-state index contributed by atoms with van der Waals surface area (Å²) in [5.41, 5.74) is 1.29. The summed E-state index contributed by atoms with van der Waals surface area (Å²) in [5, 5.41) is 3.42. The van der Waals surface area contributed by atoms with Gasteiger partial charge in [0.2, 0.25) is 0 Å². The third-order valence-corrected chi connectivity index (χ3v) is 2.98. The van der Waals surface area contributed by atoms with Gasteiger partial charge in [0.25, 0.3) is 0 Å². The Kier molecular flexibility index (Phi) is 5.72. The van der Waals surface area contributed by atoms with E-state index in [-0.39, 0.29) is 0 Å². The van der Waals surface area contributed by atoms with E-state index in [1.807, 2.05) is 0 Å². The first-order valence-corrected chi connectivity index (χ1v) is 6.47. The molecule has 0 atom stereocenters. The molecule has 0 saturated carbocycles. The molecular weight excluding hydrogens is 212 g/mol. The maximum atomic E-state index is 5.54. The molecule has 0 bridgehead atoms. The summed E-state index contributed by atoms with van der Waals surface area (Å²) >= 11 is 0. The van der Waals surface area contributed by atoms with Crippen molar-refractivity contribution in [2.75, 3.05) is 13.6 Å². The van der Waals surface area contributed by atoms with Crippen LogP contribution in [0.1, 0.15) is 39.0 Å². The van der Waals surface area contributed by atoms with Crippen LogP contribution in [0, 0.1) is 5.92 Å². The van der Waals surface area contributed by atoms with E-state index in [0.29, 0.717) is 12.0 Å². The van der Waals surface area contributed by atoms with Gasteiger partial charge in [-0.2, -0.15) is 0 Å². The van der Waals surface area contributed by atoms with Crippen molar-refractivity contribution in [3.8, 4) is 0 Å². The molecule has 3 nitrogen and oxygen atoms in total. The van der Waals surface area contributed by atoms with Crippen LogP contribution in [0.3, 0.4) is 0 Å². The minimum atomic E-state index is 0.557. The molecule has 0 unspecified atom stereocenters. The maximum Gasteiger partial charge on any atom is 0.122 e. The van der Waals surface area contributed by atoms with Crippen LogP contribution in [0.25, 0.3) is 0 Å². The van der Waals surface area contributed by atoms with Gasteiger partial charge in [-0.25, -0.2) is 0 Å². The van der Waals surface area contributed by atoms with E-state index in [4.69, 9.17) is 4.42 Å². The molecule has 0 amide bonds. The van der Waals surface area contributed by atoms with Gasteiger partial charge in [-0.05, 0) is 39.4 Å². The number of nitrogens with zero attached hydrogens (tertiary/aromatic N) is 1. The quantitative estimate of drug-likeness (QED) is 0.792. The average molecular weight is 238 g/mol. The van der Waals surface area contributed by atoms with Gasteiger partial charge in [-0.3, -0.25) is 4.90 Å². The topological polar surface area (TPSA) is 28.4 Å². The van der Waals surface area contributed by atoms with Crippen LogP contribution >= 0.6 is 0 Å². The normalized spacial score (nSPS) is 12.0. The van der Waals surface area contributed by atoms with E-state index in [1.54, 1.807) is 6.26 Å². The number of hydrogen-bond acceptors (Lipinski definition) is 3. The fraction of sp³-hybridized carbons (Fsp3) is 0.714. The van der Waals surface area contributed by atoms with Crippen LogP contribution in [0.4, 0.5) is 0 Å². The summed E-state index contributed by atoms with van der Waals surface area (Å²) in [6.45, 7) is 11.6. The monoisotopic (exact) mass is 238 g/mol. The molecule has 0 fully saturated rings. The first-order valence-electron chi connectivity index (χ1n) is 6.47. The van der Waals surface area contributed by atoms with E-state index >= 15 is 0 Å². The summed E-state index contributed by atoms with van der Waals surface area (Å²) in [6, 6.07) is 2.63. The van der Waals surface area contributed by atoms with Crippen molar-refractivity contribution in [2.45, 2.75) is 46.8 Å². The molecule has 1 aromatic rings. The molecular formula is C14H26N2O. The lowest BCUT2D eigenvalue weighted by Gasteiger charge is -2.20. The van der Waals surface area contributed by atoms with E-state index < -0.39 is 0 Å². The van der Waals surface area contributed by atoms with E-state index in [2.05, 4.69) is 51.0 Å². The molecule has 1 heterocycles. The molecule has 0 radical (unpaired) electrons. The Labute approximate surface area is 105 Å². The Bertz CT molecular complexity index is 318. The zero-order valence-corrected chi connectivity index (χ0v) is 11.8. The van der Waals surface area contributed by atoms with Gasteiger partial charge in [0.05, 0.1) is 12.8 Å². The third kappa shape index (κ3) is 4.92. The fourth-order valence-corrected chi connectivity index (χ4v) is 1.59. The van der Waals surface area contributed by atoms with Crippen molar-refractivity contribution >= 4 is 0 Å². The Morgan fingerprint density at radius 3 is 2.59 bits per heavy atom. The minimum Gasteiger partial charge on any atom is -0.468 e. The highest BCUT2D eigenvalue weighted by Gasteiger charge is 2.10. The maximum absolute atomic E-state index is 5.54. The van der Waals surface area contributed by atoms with Gasteiger partial charge < -0.3 is 9.73 Å². The number of rotatable bonds is 7. The van der Waals surface area contributed by atoms with Crippen molar-refractivity contribution in [3.05, 3.63) is 23.7 Å². The summed E-state index contributed by atoms with van der Waals surface area (Å²) in [7, 11) is 2.14. The molecule has 0 aliphatic rings. The zero-order valence-electron chi connectivity index (χ0n) is 11.8. The molecule has 0 aliphatic heterocycles. The molecule has 98 valence electrons. The Morgan fingerprint density at radius 1 is 1.29 bits per heavy atom. The number of nitrogens with one attached hydrogen (secondary N) is 1. The SMILES string of the molecule is CC(C)CNCc1occc1CN(C)C(C)C. The molecule has 0 aromatic carbocycles. The van der Waals surface area contributed by atoms with Crippen LogP contribution in [0.2, 0.25) is 0 Å². The Balaban J connectivity index is 2.48. The van der Waals surface area contributed by atoms with Crippen LogP contribution < -0.4 is 5.32 Å². The summed E-state index contributed by atoms with van der Waals surface area (Å²) in [5.74, 6) is 1.74. The van der Waals surface area contributed by atoms with Gasteiger partial charge in [0.15, 0.2) is 0 Å². The summed E-state index contributed by atoms with van der Waals surface area (Å²) < 4.78 is 5.54. The predicted octanol–water partition coefficient (Wildman–Crippen LogP) is 2.87. The van der Waals surface area contributed by atoms with Crippen molar-refractivity contribution in [2.24, 2.45) is 5.92 Å². The molecule has 1 rings (SSSR count). The van der Waals surface area contributed by atoms with Crippen LogP contribution in [-0.4, -0.2) is 24.5 Å². The van der Waals surface area contributed by atoms with Gasteiger partial charge in [-0.15, -0.1) is 0 Å². The Morgan fingerprint density at radius 2 is 2.00 bits per heavy atom. The van der Waals surface area contributed by atoms with Crippen LogP contribution in [0.5, 0.6) is 0 Å². The lowest BCUT2D eigenvalue weighted by Crippen LogP contribution is -2.26. The zero-order chi connectivity index (χ0) is 12.8. The fourth-order valence-electron chi connectivity index (χ4n) is 1.59. The van der Waals surface area contributed by atoms with Gasteiger partial charge >= 0.3 is 0 Å². The molecule has 1 N–H and O–H groups in total. The van der Waals surface area contributed by atoms with Crippen molar-refractivity contribution in [1.29, 1.82) is 0 Å². The summed E-state index contributed by atoms with van der Waals surface area (Å²) in [6.07, 6.45) is 1.79. The standard InChI is InChI=1S/C14H26N2O/c1-11(2)8-15-9-14-13(6-7-17-14)10-16(5)12(3)4/h6-7,11-12,15H,8-10H2,1-5H3. The first-order chi connectivity index (χ1) is 8.00. The van der Waals surface area contributed by atoms with Crippen LogP contribution in [0.15, 0.2) is 16.7 Å². The second kappa shape index (κ2) is 6.82. The largest absolute Gasteiger partial charge is 0.468 e. The van der Waals surface area contributed by atoms with Crippen molar-refractivity contribution < 1.29 is 4.42 Å². The predicted molar refractivity (Wildman–Crippen MR) is 71.9 cm³/mol. The lowest BCUT2D eigenvalue weighted by atomic mass is 10.2. The first kappa shape index (κ1) is 14.3. The van der Waals surface area contributed by atoms with E-state index in [0.717, 1.165) is 25.4 Å². The minimum absolute atomic E-state index is 0.557. The second-order valence-electron chi connectivity index (χ2n) is 5.40. The lowest BCUT2D eigenvalue weighted by molar-refractivity contribution is 0.263. The smallest absolute Gasteiger partial charge is 0.122 e. The number of hydrogen-bond donors (Lipinski definition) is 1. The molecule has 1 aromatic heterocycles. The van der Waals surface area contributed by atoms with Gasteiger partial charge in [0.1, 0.15) is 5.76 Å². The van der Waals surface area contributed by atoms with E-state index in [1.165, 1.54) is 5.56 Å². The summed E-state index contributed by atoms with van der Waals surface area (Å²) in [4.78, 5) is 2.32. The van der Waals surface area contributed by atoms with E-state index in [9.17, 15) is 0 Å². The van der Waals surface area contributed by atoms with Crippen molar-refractivity contribution in [3.63, 3.8) is 0 Å². The molecule has 0 aliphatic carbocycles. The third-order valence-electron chi connectivity index (χ3n) is 2.98. The average Bonchev–Trinajstić information content (AvgIpc) is 2.65. The van der Waals surface area contributed by atoms with Gasteiger partial charge in [-0.1, -0.05) is 13.8 Å². The number of furan rings is 1. The van der Waals surface area contributed by atoms with Crippen molar-refractivity contribution in [1.82, 2.24) is 10.2 Å². The highest BCUT2D eigenvalue weighted by molar-refractivity contribution is 5.16.